The van der Waals surface area contributed by atoms with E-state index in [4.69, 9.17) is 4.74 Å². The third-order valence-corrected chi connectivity index (χ3v) is 3.17. The summed E-state index contributed by atoms with van der Waals surface area (Å²) in [6.45, 7) is -0.367. The fraction of sp³-hybridized carbons (Fsp3) is 0.0588. The van der Waals surface area contributed by atoms with Crippen LogP contribution in [0.5, 0.6) is 0 Å². The Hall–Kier alpha value is -3.48. The first-order chi connectivity index (χ1) is 11.7. The van der Waals surface area contributed by atoms with Crippen molar-refractivity contribution in [2.45, 2.75) is 0 Å². The van der Waals surface area contributed by atoms with Gasteiger partial charge in [0.15, 0.2) is 6.61 Å². The van der Waals surface area contributed by atoms with Gasteiger partial charge in [0, 0.05) is 24.2 Å². The number of H-pyrrole nitrogens is 1. The van der Waals surface area contributed by atoms with Crippen molar-refractivity contribution in [3.63, 3.8) is 0 Å². The monoisotopic (exact) mass is 322 g/mol. The van der Waals surface area contributed by atoms with E-state index in [1.165, 1.54) is 6.20 Å². The number of imidazole rings is 1. The number of benzene rings is 1. The van der Waals surface area contributed by atoms with Crippen molar-refractivity contribution in [1.82, 2.24) is 15.0 Å². The van der Waals surface area contributed by atoms with E-state index in [0.717, 1.165) is 5.56 Å². The molecule has 0 bridgehead atoms. The van der Waals surface area contributed by atoms with E-state index >= 15 is 0 Å². The SMILES string of the molecule is O=C(COC(=O)c1ccc(-c2ncc[nH]2)cc1)Nc1cccnc1. The molecule has 2 N–H and O–H groups in total. The Labute approximate surface area is 137 Å². The average molecular weight is 322 g/mol. The molecule has 0 spiro atoms. The van der Waals surface area contributed by atoms with Gasteiger partial charge in [0.1, 0.15) is 5.82 Å². The Bertz CT molecular complexity index is 815. The Morgan fingerprint density at radius 3 is 2.62 bits per heavy atom. The molecule has 0 unspecified atom stereocenters. The van der Waals surface area contributed by atoms with E-state index < -0.39 is 11.9 Å². The van der Waals surface area contributed by atoms with Crippen LogP contribution < -0.4 is 5.32 Å². The van der Waals surface area contributed by atoms with Crippen LogP contribution in [0.4, 0.5) is 5.69 Å². The van der Waals surface area contributed by atoms with Gasteiger partial charge in [-0.3, -0.25) is 9.78 Å². The maximum atomic E-state index is 12.0. The molecule has 0 saturated carbocycles. The average Bonchev–Trinajstić information content (AvgIpc) is 3.15. The van der Waals surface area contributed by atoms with Crippen molar-refractivity contribution in [1.29, 1.82) is 0 Å². The maximum absolute atomic E-state index is 12.0. The smallest absolute Gasteiger partial charge is 0.338 e. The van der Waals surface area contributed by atoms with Crippen molar-refractivity contribution < 1.29 is 14.3 Å². The highest BCUT2D eigenvalue weighted by molar-refractivity contribution is 5.95. The second-order valence-electron chi connectivity index (χ2n) is 4.88. The molecule has 7 nitrogen and oxygen atoms in total. The van der Waals surface area contributed by atoms with Crippen LogP contribution in [-0.2, 0) is 9.53 Å². The molecule has 3 rings (SSSR count). The number of anilines is 1. The summed E-state index contributed by atoms with van der Waals surface area (Å²) in [5.74, 6) is -0.281. The predicted octanol–water partition coefficient (Wildman–Crippen LogP) is 2.27. The molecule has 0 aliphatic carbocycles. The van der Waals surface area contributed by atoms with Crippen molar-refractivity contribution in [3.8, 4) is 11.4 Å². The zero-order chi connectivity index (χ0) is 16.8. The molecular formula is C17H14N4O3. The zero-order valence-electron chi connectivity index (χ0n) is 12.6. The second-order valence-corrected chi connectivity index (χ2v) is 4.88. The van der Waals surface area contributed by atoms with Crippen LogP contribution in [0.1, 0.15) is 10.4 Å². The summed E-state index contributed by atoms with van der Waals surface area (Å²) in [6.07, 6.45) is 6.48. The van der Waals surface area contributed by atoms with Crippen molar-refractivity contribution >= 4 is 17.6 Å². The number of rotatable bonds is 5. The normalized spacial score (nSPS) is 10.2. The lowest BCUT2D eigenvalue weighted by Gasteiger charge is -2.06. The fourth-order valence-electron chi connectivity index (χ4n) is 2.04. The number of pyridine rings is 1. The van der Waals surface area contributed by atoms with Gasteiger partial charge >= 0.3 is 5.97 Å². The highest BCUT2D eigenvalue weighted by atomic mass is 16.5. The number of nitrogens with one attached hydrogen (secondary N) is 2. The largest absolute Gasteiger partial charge is 0.452 e. The minimum atomic E-state index is -0.567. The summed E-state index contributed by atoms with van der Waals surface area (Å²) in [7, 11) is 0. The quantitative estimate of drug-likeness (QED) is 0.702. The summed E-state index contributed by atoms with van der Waals surface area (Å²) < 4.78 is 5.00. The number of carbonyl (C=O) groups is 2. The number of carbonyl (C=O) groups excluding carboxylic acids is 2. The molecule has 3 aromatic rings. The van der Waals surface area contributed by atoms with Crippen LogP contribution in [0.2, 0.25) is 0 Å². The molecule has 0 aliphatic rings. The topological polar surface area (TPSA) is 97.0 Å². The highest BCUT2D eigenvalue weighted by Crippen LogP contribution is 2.15. The summed E-state index contributed by atoms with van der Waals surface area (Å²) in [4.78, 5) is 34.7. The minimum absolute atomic E-state index is 0.361. The highest BCUT2D eigenvalue weighted by Gasteiger charge is 2.11. The summed E-state index contributed by atoms with van der Waals surface area (Å²) >= 11 is 0. The van der Waals surface area contributed by atoms with Crippen molar-refractivity contribution in [2.24, 2.45) is 0 Å². The number of aromatic nitrogens is 3. The van der Waals surface area contributed by atoms with E-state index in [9.17, 15) is 9.59 Å². The summed E-state index contributed by atoms with van der Waals surface area (Å²) in [5, 5.41) is 2.59. The molecular weight excluding hydrogens is 308 g/mol. The van der Waals surface area contributed by atoms with Gasteiger partial charge in [-0.25, -0.2) is 9.78 Å². The van der Waals surface area contributed by atoms with Gasteiger partial charge in [-0.2, -0.15) is 0 Å². The Balaban J connectivity index is 1.54. The van der Waals surface area contributed by atoms with Gasteiger partial charge in [0.25, 0.3) is 5.91 Å². The molecule has 7 heteroatoms. The molecule has 0 radical (unpaired) electrons. The molecule has 1 aromatic carbocycles. The van der Waals surface area contributed by atoms with Crippen molar-refractivity contribution in [3.05, 3.63) is 66.7 Å². The number of nitrogens with zero attached hydrogens (tertiary/aromatic N) is 2. The van der Waals surface area contributed by atoms with Gasteiger partial charge in [-0.15, -0.1) is 0 Å². The van der Waals surface area contributed by atoms with E-state index in [1.54, 1.807) is 55.0 Å². The first-order valence-electron chi connectivity index (χ1n) is 7.19. The molecule has 1 amide bonds. The third kappa shape index (κ3) is 3.83. The van der Waals surface area contributed by atoms with Crippen molar-refractivity contribution in [2.75, 3.05) is 11.9 Å². The van der Waals surface area contributed by atoms with Gasteiger partial charge in [0.05, 0.1) is 17.4 Å². The number of hydrogen-bond acceptors (Lipinski definition) is 5. The van der Waals surface area contributed by atoms with E-state index in [2.05, 4.69) is 20.3 Å². The predicted molar refractivity (Wildman–Crippen MR) is 87.2 cm³/mol. The standard InChI is InChI=1S/C17H14N4O3/c22-15(21-14-2-1-7-18-10-14)11-24-17(23)13-5-3-12(4-6-13)16-19-8-9-20-16/h1-10H,11H2,(H,19,20)(H,21,22). The Kier molecular flexibility index (Phi) is 4.62. The molecule has 2 heterocycles. The number of hydrogen-bond donors (Lipinski definition) is 2. The van der Waals surface area contributed by atoms with Crippen LogP contribution in [-0.4, -0.2) is 33.4 Å². The third-order valence-electron chi connectivity index (χ3n) is 3.17. The first kappa shape index (κ1) is 15.4. The van der Waals surface area contributed by atoms with Gasteiger partial charge < -0.3 is 15.0 Å². The summed E-state index contributed by atoms with van der Waals surface area (Å²) in [6, 6.07) is 10.1. The van der Waals surface area contributed by atoms with Crippen LogP contribution in [0.15, 0.2) is 61.2 Å². The summed E-state index contributed by atoms with van der Waals surface area (Å²) in [5.41, 5.74) is 1.76. The lowest BCUT2D eigenvalue weighted by atomic mass is 10.1. The Morgan fingerprint density at radius 1 is 1.12 bits per heavy atom. The Morgan fingerprint density at radius 2 is 1.96 bits per heavy atom. The van der Waals surface area contributed by atoms with Crippen LogP contribution >= 0.6 is 0 Å². The number of ether oxygens (including phenoxy) is 1. The molecule has 2 aromatic heterocycles. The van der Waals surface area contributed by atoms with E-state index in [-0.39, 0.29) is 6.61 Å². The number of aromatic amines is 1. The molecule has 120 valence electrons. The number of esters is 1. The minimum Gasteiger partial charge on any atom is -0.452 e. The van der Waals surface area contributed by atoms with Crippen LogP contribution in [0.3, 0.4) is 0 Å². The first-order valence-corrected chi connectivity index (χ1v) is 7.19. The maximum Gasteiger partial charge on any atom is 0.338 e. The molecule has 0 aliphatic heterocycles. The lowest BCUT2D eigenvalue weighted by Crippen LogP contribution is -2.20. The number of amides is 1. The molecule has 24 heavy (non-hydrogen) atoms. The molecule has 0 fully saturated rings. The second kappa shape index (κ2) is 7.19. The van der Waals surface area contributed by atoms with Crippen LogP contribution in [0.25, 0.3) is 11.4 Å². The molecule has 0 atom stereocenters. The van der Waals surface area contributed by atoms with E-state index in [1.807, 2.05) is 0 Å². The van der Waals surface area contributed by atoms with Gasteiger partial charge in [-0.1, -0.05) is 12.1 Å². The van der Waals surface area contributed by atoms with Gasteiger partial charge in [-0.05, 0) is 24.3 Å². The van der Waals surface area contributed by atoms with E-state index in [0.29, 0.717) is 17.1 Å². The van der Waals surface area contributed by atoms with Gasteiger partial charge in [0.2, 0.25) is 0 Å². The molecule has 0 saturated heterocycles. The lowest BCUT2D eigenvalue weighted by molar-refractivity contribution is -0.119. The zero-order valence-corrected chi connectivity index (χ0v) is 12.6. The fourth-order valence-corrected chi connectivity index (χ4v) is 2.04. The van der Waals surface area contributed by atoms with Crippen LogP contribution in [0, 0.1) is 0 Å².